The zero-order valence-corrected chi connectivity index (χ0v) is 13.7. The van der Waals surface area contributed by atoms with Crippen molar-refractivity contribution in [3.63, 3.8) is 0 Å². The van der Waals surface area contributed by atoms with Crippen LogP contribution in [0.5, 0.6) is 0 Å². The van der Waals surface area contributed by atoms with Crippen molar-refractivity contribution in [3.8, 4) is 0 Å². The summed E-state index contributed by atoms with van der Waals surface area (Å²) in [6.07, 6.45) is 1.56. The van der Waals surface area contributed by atoms with Gasteiger partial charge in [-0.2, -0.15) is 0 Å². The predicted molar refractivity (Wildman–Crippen MR) is 90.5 cm³/mol. The molecule has 6 heteroatoms. The molecule has 3 rings (SSSR count). The molecule has 0 saturated heterocycles. The number of aryl methyl sites for hydroxylation is 1. The third kappa shape index (κ3) is 3.76. The van der Waals surface area contributed by atoms with Gasteiger partial charge in [-0.1, -0.05) is 26.0 Å². The molecule has 0 aliphatic carbocycles. The molecule has 22 heavy (non-hydrogen) atoms. The van der Waals surface area contributed by atoms with Crippen LogP contribution >= 0.6 is 11.9 Å². The number of halogens is 1. The van der Waals surface area contributed by atoms with Crippen molar-refractivity contribution in [2.75, 3.05) is 5.32 Å². The lowest BCUT2D eigenvalue weighted by atomic mass is 10.2. The average Bonchev–Trinajstić information content (AvgIpc) is 2.56. The highest BCUT2D eigenvalue weighted by Gasteiger charge is 2.15. The van der Waals surface area contributed by atoms with Crippen molar-refractivity contribution in [1.29, 1.82) is 0 Å². The quantitative estimate of drug-likeness (QED) is 0.817. The number of fused-ring (bicyclic) bond motifs is 1. The number of rotatable bonds is 2. The third-order valence-electron chi connectivity index (χ3n) is 2.96. The molecule has 1 aromatic carbocycles. The van der Waals surface area contributed by atoms with Gasteiger partial charge in [0.15, 0.2) is 0 Å². The topological polar surface area (TPSA) is 49.3 Å². The molecule has 1 aromatic heterocycles. The minimum absolute atomic E-state index is 0.198. The van der Waals surface area contributed by atoms with Crippen molar-refractivity contribution >= 4 is 23.6 Å². The molecular weight excluding hydrogens is 299 g/mol. The van der Waals surface area contributed by atoms with Crippen LogP contribution in [-0.2, 0) is 6.54 Å². The molecule has 116 valence electrons. The number of nitrogens with one attached hydrogen (secondary N) is 2. The summed E-state index contributed by atoms with van der Waals surface area (Å²) in [6, 6.07) is 9.03. The van der Waals surface area contributed by atoms with Crippen molar-refractivity contribution in [1.82, 2.24) is 9.71 Å². The van der Waals surface area contributed by atoms with E-state index >= 15 is 0 Å². The first kappa shape index (κ1) is 16.3. The van der Waals surface area contributed by atoms with E-state index in [1.165, 1.54) is 18.0 Å². The van der Waals surface area contributed by atoms with Crippen LogP contribution in [0.1, 0.15) is 25.1 Å². The van der Waals surface area contributed by atoms with E-state index in [0.717, 1.165) is 16.1 Å². The van der Waals surface area contributed by atoms with Crippen molar-refractivity contribution in [2.24, 2.45) is 4.99 Å². The minimum Gasteiger partial charge on any atom is -0.324 e. The number of para-hydroxylation sites is 1. The highest BCUT2D eigenvalue weighted by atomic mass is 32.2. The largest absolute Gasteiger partial charge is 0.324 e. The highest BCUT2D eigenvalue weighted by molar-refractivity contribution is 7.98. The van der Waals surface area contributed by atoms with Gasteiger partial charge in [-0.15, -0.1) is 0 Å². The summed E-state index contributed by atoms with van der Waals surface area (Å²) in [5.74, 6) is 0.277. The standard InChI is InChI=1S/C14H13FN4S.C2H6/c1-9-4-2-6-12-13(9)18-14(19-20-12)17-8-11-10(15)5-3-7-16-11;1-2/h2-7H,8H2,1H3,(H2,17,18,19);1-2H3. The molecule has 1 aliphatic heterocycles. The van der Waals surface area contributed by atoms with Gasteiger partial charge in [-0.3, -0.25) is 9.71 Å². The van der Waals surface area contributed by atoms with E-state index in [-0.39, 0.29) is 12.4 Å². The molecular formula is C16H19FN4S. The van der Waals surface area contributed by atoms with E-state index < -0.39 is 0 Å². The molecule has 0 amide bonds. The van der Waals surface area contributed by atoms with Crippen LogP contribution in [0.25, 0.3) is 0 Å². The van der Waals surface area contributed by atoms with E-state index in [9.17, 15) is 4.39 Å². The van der Waals surface area contributed by atoms with Crippen LogP contribution in [-0.4, -0.2) is 10.9 Å². The van der Waals surface area contributed by atoms with Gasteiger partial charge in [-0.05, 0) is 42.6 Å². The van der Waals surface area contributed by atoms with Gasteiger partial charge in [0.05, 0.1) is 22.8 Å². The molecule has 4 nitrogen and oxygen atoms in total. The zero-order valence-electron chi connectivity index (χ0n) is 12.9. The molecule has 0 fully saturated rings. The van der Waals surface area contributed by atoms with Crippen LogP contribution < -0.4 is 10.0 Å². The molecule has 0 atom stereocenters. The van der Waals surface area contributed by atoms with E-state index in [0.29, 0.717) is 11.7 Å². The van der Waals surface area contributed by atoms with Gasteiger partial charge >= 0.3 is 0 Å². The second kappa shape index (κ2) is 7.79. The van der Waals surface area contributed by atoms with E-state index in [1.54, 1.807) is 12.3 Å². The Balaban J connectivity index is 0.000000847. The lowest BCUT2D eigenvalue weighted by Gasteiger charge is -2.21. The molecule has 0 spiro atoms. The first-order valence-corrected chi connectivity index (χ1v) is 7.99. The Morgan fingerprint density at radius 2 is 2.05 bits per heavy atom. The SMILES string of the molecule is CC.Cc1cccc2c1NC(=NCc1ncccc1F)NS2. The molecule has 0 radical (unpaired) electrons. The molecule has 2 heterocycles. The van der Waals surface area contributed by atoms with Crippen LogP contribution in [0, 0.1) is 12.7 Å². The highest BCUT2D eigenvalue weighted by Crippen LogP contribution is 2.31. The summed E-state index contributed by atoms with van der Waals surface area (Å²) in [5.41, 5.74) is 2.52. The van der Waals surface area contributed by atoms with Crippen molar-refractivity contribution < 1.29 is 4.39 Å². The maximum absolute atomic E-state index is 13.5. The second-order valence-electron chi connectivity index (χ2n) is 4.37. The molecule has 1 aliphatic rings. The Bertz CT molecular complexity index is 673. The Hall–Kier alpha value is -2.08. The fourth-order valence-electron chi connectivity index (χ4n) is 1.89. The van der Waals surface area contributed by atoms with Crippen LogP contribution in [0.4, 0.5) is 10.1 Å². The number of benzene rings is 1. The van der Waals surface area contributed by atoms with Crippen LogP contribution in [0.3, 0.4) is 0 Å². The summed E-state index contributed by atoms with van der Waals surface area (Å²) >= 11 is 1.49. The maximum Gasteiger partial charge on any atom is 0.206 e. The first-order valence-electron chi connectivity index (χ1n) is 7.17. The summed E-state index contributed by atoms with van der Waals surface area (Å²) in [6.45, 7) is 6.23. The number of pyridine rings is 1. The molecule has 2 aromatic rings. The van der Waals surface area contributed by atoms with Crippen molar-refractivity contribution in [3.05, 3.63) is 53.6 Å². The molecule has 0 unspecified atom stereocenters. The molecule has 2 N–H and O–H groups in total. The minimum atomic E-state index is -0.336. The normalized spacial score (nSPS) is 14.3. The summed E-state index contributed by atoms with van der Waals surface area (Å²) < 4.78 is 16.6. The average molecular weight is 318 g/mol. The number of nitrogens with zero attached hydrogens (tertiary/aromatic N) is 2. The van der Waals surface area contributed by atoms with Gasteiger partial charge < -0.3 is 5.32 Å². The fraction of sp³-hybridized carbons (Fsp3) is 0.250. The Labute approximate surface area is 134 Å². The van der Waals surface area contributed by atoms with Crippen molar-refractivity contribution in [2.45, 2.75) is 32.2 Å². The van der Waals surface area contributed by atoms with Gasteiger partial charge in [0.2, 0.25) is 5.96 Å². The Morgan fingerprint density at radius 3 is 2.82 bits per heavy atom. The number of aliphatic imine (C=N–C) groups is 1. The van der Waals surface area contributed by atoms with Crippen LogP contribution in [0.15, 0.2) is 46.4 Å². The Morgan fingerprint density at radius 1 is 1.23 bits per heavy atom. The lowest BCUT2D eigenvalue weighted by molar-refractivity contribution is 0.600. The first-order chi connectivity index (χ1) is 10.7. The number of aromatic nitrogens is 1. The van der Waals surface area contributed by atoms with E-state index in [2.05, 4.69) is 20.0 Å². The summed E-state index contributed by atoms with van der Waals surface area (Å²) in [4.78, 5) is 9.42. The van der Waals surface area contributed by atoms with E-state index in [4.69, 9.17) is 0 Å². The van der Waals surface area contributed by atoms with E-state index in [1.807, 2.05) is 39.0 Å². The summed E-state index contributed by atoms with van der Waals surface area (Å²) in [5, 5.41) is 3.22. The molecule has 0 saturated carbocycles. The monoisotopic (exact) mass is 318 g/mol. The summed E-state index contributed by atoms with van der Waals surface area (Å²) in [7, 11) is 0. The molecule has 0 bridgehead atoms. The third-order valence-corrected chi connectivity index (χ3v) is 3.81. The zero-order chi connectivity index (χ0) is 15.9. The second-order valence-corrected chi connectivity index (χ2v) is 5.22. The van der Waals surface area contributed by atoms with Crippen LogP contribution in [0.2, 0.25) is 0 Å². The van der Waals surface area contributed by atoms with Gasteiger partial charge in [0, 0.05) is 6.20 Å². The lowest BCUT2D eigenvalue weighted by Crippen LogP contribution is -2.30. The number of guanidine groups is 1. The maximum atomic E-state index is 13.5. The number of anilines is 1. The smallest absolute Gasteiger partial charge is 0.206 e. The van der Waals surface area contributed by atoms with Gasteiger partial charge in [0.1, 0.15) is 5.82 Å². The predicted octanol–water partition coefficient (Wildman–Crippen LogP) is 4.13. The van der Waals surface area contributed by atoms with Gasteiger partial charge in [0.25, 0.3) is 0 Å². The fourth-order valence-corrected chi connectivity index (χ4v) is 2.68. The van der Waals surface area contributed by atoms with Gasteiger partial charge in [-0.25, -0.2) is 9.38 Å². The Kier molecular flexibility index (Phi) is 5.77. The number of hydrogen-bond acceptors (Lipinski definition) is 3. The number of hydrogen-bond donors (Lipinski definition) is 2.